The first-order valence-corrected chi connectivity index (χ1v) is 14.0. The Hall–Kier alpha value is -0.520. The zero-order valence-corrected chi connectivity index (χ0v) is 19.6. The Balaban J connectivity index is 2.58. The summed E-state index contributed by atoms with van der Waals surface area (Å²) in [4.78, 5) is 0. The van der Waals surface area contributed by atoms with Crippen molar-refractivity contribution in [1.29, 1.82) is 0 Å². The Morgan fingerprint density at radius 1 is 0.968 bits per heavy atom. The topological polar surface area (TPSA) is 200 Å². The number of ether oxygens (including phenoxy) is 1. The molecule has 5 unspecified atom stereocenters. The zero-order valence-electron chi connectivity index (χ0n) is 17.1. The third-order valence-electron chi connectivity index (χ3n) is 4.49. The molecule has 1 saturated heterocycles. The second kappa shape index (κ2) is 13.3. The van der Waals surface area contributed by atoms with Gasteiger partial charge in [-0.15, -0.1) is 0 Å². The molecule has 0 bridgehead atoms. The van der Waals surface area contributed by atoms with Gasteiger partial charge in [0.2, 0.25) is 0 Å². The molecule has 1 fully saturated rings. The van der Waals surface area contributed by atoms with Crippen LogP contribution in [0.15, 0.2) is 5.16 Å². The SMILES string of the molecule is CS(=O)(=O)CCCCCCCCC(=NOS(=O)(=O)O)SC1OC(CO)C(O)C(O)C1O. The van der Waals surface area contributed by atoms with E-state index in [0.29, 0.717) is 12.8 Å². The number of oxime groups is 1. The van der Waals surface area contributed by atoms with Crippen molar-refractivity contribution in [2.24, 2.45) is 5.16 Å². The quantitative estimate of drug-likeness (QED) is 0.0697. The number of rotatable bonds is 13. The minimum atomic E-state index is -4.85. The van der Waals surface area contributed by atoms with Gasteiger partial charge in [-0.3, -0.25) is 4.55 Å². The van der Waals surface area contributed by atoms with Gasteiger partial charge in [0, 0.05) is 12.0 Å². The van der Waals surface area contributed by atoms with Crippen molar-refractivity contribution in [3.8, 4) is 0 Å². The van der Waals surface area contributed by atoms with Crippen molar-refractivity contribution >= 4 is 37.0 Å². The van der Waals surface area contributed by atoms with Crippen molar-refractivity contribution in [3.05, 3.63) is 0 Å². The molecule has 1 aliphatic rings. The lowest BCUT2D eigenvalue weighted by Gasteiger charge is -2.39. The molecule has 0 aromatic heterocycles. The normalized spacial score (nSPS) is 27.9. The summed E-state index contributed by atoms with van der Waals surface area (Å²) in [5.74, 6) is 0.145. The predicted molar refractivity (Wildman–Crippen MR) is 113 cm³/mol. The van der Waals surface area contributed by atoms with Crippen LogP contribution in [-0.4, -0.2) is 95.3 Å². The number of hydrogen-bond acceptors (Lipinski definition) is 12. The maximum Gasteiger partial charge on any atom is 0.466 e. The number of hydrogen-bond donors (Lipinski definition) is 5. The van der Waals surface area contributed by atoms with Gasteiger partial charge < -0.3 is 25.2 Å². The van der Waals surface area contributed by atoms with Crippen LogP contribution in [0.3, 0.4) is 0 Å². The number of nitrogens with zero attached hydrogens (tertiary/aromatic N) is 1. The second-order valence-electron chi connectivity index (χ2n) is 7.30. The van der Waals surface area contributed by atoms with Crippen molar-refractivity contribution in [2.75, 3.05) is 18.6 Å². The molecule has 1 aliphatic heterocycles. The highest BCUT2D eigenvalue weighted by Gasteiger charge is 2.44. The first-order chi connectivity index (χ1) is 14.3. The fourth-order valence-corrected chi connectivity index (χ4v) is 4.93. The van der Waals surface area contributed by atoms with Gasteiger partial charge >= 0.3 is 10.4 Å². The van der Waals surface area contributed by atoms with E-state index in [1.165, 1.54) is 6.26 Å². The van der Waals surface area contributed by atoms with Crippen LogP contribution in [0.2, 0.25) is 0 Å². The highest BCUT2D eigenvalue weighted by molar-refractivity contribution is 8.14. The Kier molecular flexibility index (Phi) is 12.2. The van der Waals surface area contributed by atoms with Crippen LogP contribution in [0.1, 0.15) is 44.9 Å². The largest absolute Gasteiger partial charge is 0.466 e. The summed E-state index contributed by atoms with van der Waals surface area (Å²) in [6, 6.07) is 0. The van der Waals surface area contributed by atoms with E-state index in [1.807, 2.05) is 0 Å². The van der Waals surface area contributed by atoms with E-state index in [0.717, 1.165) is 37.4 Å². The number of aliphatic hydroxyl groups is 4. The van der Waals surface area contributed by atoms with E-state index in [1.54, 1.807) is 0 Å². The standard InChI is InChI=1S/C16H31NO11S3/c1-30(22,23)9-7-5-3-2-4-6-8-12(17-28-31(24,25)26)29-16-15(21)14(20)13(19)11(10-18)27-16/h11,13-16,18-21H,2-10H2,1H3,(H,24,25,26). The third-order valence-corrected chi connectivity index (χ3v) is 6.96. The molecule has 0 aromatic rings. The van der Waals surface area contributed by atoms with Crippen LogP contribution in [0.25, 0.3) is 0 Å². The van der Waals surface area contributed by atoms with E-state index >= 15 is 0 Å². The van der Waals surface area contributed by atoms with Gasteiger partial charge in [-0.1, -0.05) is 42.6 Å². The molecule has 184 valence electrons. The Morgan fingerprint density at radius 3 is 2.10 bits per heavy atom. The van der Waals surface area contributed by atoms with Gasteiger partial charge in [-0.2, -0.15) is 8.42 Å². The monoisotopic (exact) mass is 509 g/mol. The molecule has 5 atom stereocenters. The van der Waals surface area contributed by atoms with Crippen molar-refractivity contribution in [2.45, 2.75) is 74.8 Å². The Labute approximate surface area is 186 Å². The molecule has 0 saturated carbocycles. The number of sulfone groups is 1. The summed E-state index contributed by atoms with van der Waals surface area (Å²) in [6.45, 7) is -0.616. The molecular weight excluding hydrogens is 478 g/mol. The van der Waals surface area contributed by atoms with Gasteiger partial charge in [-0.05, 0) is 19.3 Å². The molecule has 12 nitrogen and oxygen atoms in total. The number of thioether (sulfide) groups is 1. The molecular formula is C16H31NO11S3. The summed E-state index contributed by atoms with van der Waals surface area (Å²) in [5.41, 5.74) is -1.17. The lowest BCUT2D eigenvalue weighted by atomic mass is 10.0. The molecule has 1 rings (SSSR count). The van der Waals surface area contributed by atoms with Crippen molar-refractivity contribution < 1.29 is 50.8 Å². The number of unbranched alkanes of at least 4 members (excludes halogenated alkanes) is 5. The lowest BCUT2D eigenvalue weighted by Crippen LogP contribution is -2.57. The maximum atomic E-state index is 11.1. The highest BCUT2D eigenvalue weighted by Crippen LogP contribution is 2.30. The van der Waals surface area contributed by atoms with Gasteiger partial charge in [-0.25, -0.2) is 12.7 Å². The number of aliphatic hydroxyl groups excluding tert-OH is 4. The van der Waals surface area contributed by atoms with Crippen molar-refractivity contribution in [1.82, 2.24) is 0 Å². The van der Waals surface area contributed by atoms with Gasteiger partial charge in [0.1, 0.15) is 44.7 Å². The molecule has 0 radical (unpaired) electrons. The Morgan fingerprint density at radius 2 is 1.55 bits per heavy atom. The van der Waals surface area contributed by atoms with Gasteiger partial charge in [0.15, 0.2) is 0 Å². The van der Waals surface area contributed by atoms with Crippen LogP contribution in [-0.2, 0) is 29.3 Å². The summed E-state index contributed by atoms with van der Waals surface area (Å²) in [5, 5.41) is 42.5. The van der Waals surface area contributed by atoms with Crippen LogP contribution in [0.4, 0.5) is 0 Å². The van der Waals surface area contributed by atoms with Crippen LogP contribution >= 0.6 is 11.8 Å². The van der Waals surface area contributed by atoms with Crippen LogP contribution in [0, 0.1) is 0 Å². The van der Waals surface area contributed by atoms with Crippen LogP contribution < -0.4 is 0 Å². The fraction of sp³-hybridized carbons (Fsp3) is 0.938. The molecule has 31 heavy (non-hydrogen) atoms. The molecule has 0 spiro atoms. The molecule has 15 heteroatoms. The Bertz CT molecular complexity index is 770. The van der Waals surface area contributed by atoms with Crippen molar-refractivity contribution in [3.63, 3.8) is 0 Å². The zero-order chi connectivity index (χ0) is 23.7. The van der Waals surface area contributed by atoms with E-state index in [9.17, 15) is 37.3 Å². The average molecular weight is 510 g/mol. The summed E-state index contributed by atoms with van der Waals surface area (Å²) in [6.07, 6.45) is -0.171. The predicted octanol–water partition coefficient (Wildman–Crippen LogP) is -0.572. The molecule has 0 amide bonds. The smallest absolute Gasteiger partial charge is 0.394 e. The minimum absolute atomic E-state index is 0.0547. The van der Waals surface area contributed by atoms with Gasteiger partial charge in [0.25, 0.3) is 0 Å². The first kappa shape index (κ1) is 28.5. The minimum Gasteiger partial charge on any atom is -0.394 e. The van der Waals surface area contributed by atoms with E-state index in [-0.39, 0.29) is 17.2 Å². The molecule has 5 N–H and O–H groups in total. The van der Waals surface area contributed by atoms with E-state index < -0.39 is 56.7 Å². The molecule has 1 heterocycles. The first-order valence-electron chi connectivity index (χ1n) is 9.72. The summed E-state index contributed by atoms with van der Waals surface area (Å²) < 4.78 is 61.9. The van der Waals surface area contributed by atoms with Gasteiger partial charge in [0.05, 0.1) is 6.61 Å². The lowest BCUT2D eigenvalue weighted by molar-refractivity contribution is -0.205. The highest BCUT2D eigenvalue weighted by atomic mass is 32.3. The third kappa shape index (κ3) is 11.8. The maximum absolute atomic E-state index is 11.1. The molecule has 0 aliphatic carbocycles. The summed E-state index contributed by atoms with van der Waals surface area (Å²) >= 11 is 0.742. The molecule has 0 aromatic carbocycles. The summed E-state index contributed by atoms with van der Waals surface area (Å²) in [7, 11) is -7.82. The van der Waals surface area contributed by atoms with E-state index in [2.05, 4.69) is 9.44 Å². The fourth-order valence-electron chi connectivity index (χ4n) is 2.86. The average Bonchev–Trinajstić information content (AvgIpc) is 2.66. The van der Waals surface area contributed by atoms with E-state index in [4.69, 9.17) is 9.29 Å². The van der Waals surface area contributed by atoms with Crippen LogP contribution in [0.5, 0.6) is 0 Å². The second-order valence-corrected chi connectivity index (χ2v) is 11.7.